The third kappa shape index (κ3) is 3.70. The number of rotatable bonds is 5. The van der Waals surface area contributed by atoms with Crippen molar-refractivity contribution < 1.29 is 4.79 Å². The third-order valence-corrected chi connectivity index (χ3v) is 4.71. The topological polar surface area (TPSA) is 94.5 Å². The predicted octanol–water partition coefficient (Wildman–Crippen LogP) is 2.67. The summed E-state index contributed by atoms with van der Waals surface area (Å²) in [4.78, 5) is 16.4. The molecule has 1 aromatic carbocycles. The van der Waals surface area contributed by atoms with Gasteiger partial charge in [0.15, 0.2) is 11.4 Å². The molecule has 1 aromatic heterocycles. The van der Waals surface area contributed by atoms with E-state index < -0.39 is 0 Å². The molecule has 1 saturated carbocycles. The second-order valence-corrected chi connectivity index (χ2v) is 6.29. The lowest BCUT2D eigenvalue weighted by molar-refractivity contribution is -0.122. The molecule has 2 aromatic rings. The molecule has 1 unspecified atom stereocenters. The molecule has 1 aliphatic rings. The van der Waals surface area contributed by atoms with Crippen LogP contribution in [0.15, 0.2) is 36.7 Å². The van der Waals surface area contributed by atoms with Crippen LogP contribution >= 0.6 is 0 Å². The number of carbonyl (C=O) groups is 1. The zero-order chi connectivity index (χ0) is 17.6. The van der Waals surface area contributed by atoms with E-state index in [0.717, 1.165) is 18.4 Å². The highest BCUT2D eigenvalue weighted by atomic mass is 16.2. The van der Waals surface area contributed by atoms with Crippen molar-refractivity contribution in [3.05, 3.63) is 53.6 Å². The standard InChI is InChI=1S/C19H19N5O/c20-10-16-17(11-21)24(13-22-16)12-18(25)23-19(15-8-4-5-9-15)14-6-2-1-3-7-14/h1-3,6-7,13,15,19H,4-5,8-9,12H2,(H,23,25). The second-order valence-electron chi connectivity index (χ2n) is 6.29. The molecule has 1 aliphatic carbocycles. The van der Waals surface area contributed by atoms with E-state index in [2.05, 4.69) is 10.3 Å². The SMILES string of the molecule is N#Cc1ncn(CC(=O)NC(c2ccccc2)C2CCCC2)c1C#N. The van der Waals surface area contributed by atoms with Gasteiger partial charge in [-0.1, -0.05) is 43.2 Å². The number of imidazole rings is 1. The highest BCUT2D eigenvalue weighted by Gasteiger charge is 2.27. The Kier molecular flexibility index (Phi) is 5.11. The molecule has 3 rings (SSSR count). The molecular formula is C19H19N5O. The Morgan fingerprint density at radius 2 is 1.96 bits per heavy atom. The van der Waals surface area contributed by atoms with Crippen molar-refractivity contribution >= 4 is 5.91 Å². The van der Waals surface area contributed by atoms with Crippen LogP contribution in [0.25, 0.3) is 0 Å². The fourth-order valence-corrected chi connectivity index (χ4v) is 3.50. The van der Waals surface area contributed by atoms with Gasteiger partial charge in [-0.2, -0.15) is 10.5 Å². The Hall–Kier alpha value is -3.12. The molecule has 0 saturated heterocycles. The van der Waals surface area contributed by atoms with Crippen LogP contribution in [0.5, 0.6) is 0 Å². The highest BCUT2D eigenvalue weighted by Crippen LogP contribution is 2.35. The van der Waals surface area contributed by atoms with Crippen LogP contribution in [0.3, 0.4) is 0 Å². The molecule has 1 atom stereocenters. The van der Waals surface area contributed by atoms with Gasteiger partial charge in [0, 0.05) is 0 Å². The lowest BCUT2D eigenvalue weighted by atomic mass is 9.91. The van der Waals surface area contributed by atoms with Crippen LogP contribution in [0.1, 0.15) is 48.7 Å². The molecule has 1 fully saturated rings. The van der Waals surface area contributed by atoms with Gasteiger partial charge in [-0.05, 0) is 24.3 Å². The molecule has 0 radical (unpaired) electrons. The molecule has 6 nitrogen and oxygen atoms in total. The summed E-state index contributed by atoms with van der Waals surface area (Å²) >= 11 is 0. The summed E-state index contributed by atoms with van der Waals surface area (Å²) in [6.45, 7) is -0.0202. The number of aromatic nitrogens is 2. The van der Waals surface area contributed by atoms with E-state index in [0.29, 0.717) is 5.92 Å². The van der Waals surface area contributed by atoms with Crippen molar-refractivity contribution in [1.29, 1.82) is 10.5 Å². The Balaban J connectivity index is 1.76. The number of hydrogen-bond donors (Lipinski definition) is 1. The molecule has 1 N–H and O–H groups in total. The molecular weight excluding hydrogens is 314 g/mol. The Morgan fingerprint density at radius 3 is 2.60 bits per heavy atom. The smallest absolute Gasteiger partial charge is 0.240 e. The number of nitrogens with one attached hydrogen (secondary N) is 1. The Morgan fingerprint density at radius 1 is 1.24 bits per heavy atom. The number of hydrogen-bond acceptors (Lipinski definition) is 4. The zero-order valence-electron chi connectivity index (χ0n) is 13.9. The molecule has 1 heterocycles. The predicted molar refractivity (Wildman–Crippen MR) is 90.9 cm³/mol. The first kappa shape index (κ1) is 16.7. The summed E-state index contributed by atoms with van der Waals surface area (Å²) < 4.78 is 1.42. The zero-order valence-corrected chi connectivity index (χ0v) is 13.9. The van der Waals surface area contributed by atoms with E-state index in [1.807, 2.05) is 42.5 Å². The van der Waals surface area contributed by atoms with Crippen molar-refractivity contribution in [2.75, 3.05) is 0 Å². The molecule has 126 valence electrons. The number of carbonyl (C=O) groups excluding carboxylic acids is 1. The van der Waals surface area contributed by atoms with Gasteiger partial charge in [0.25, 0.3) is 0 Å². The average molecular weight is 333 g/mol. The van der Waals surface area contributed by atoms with Gasteiger partial charge < -0.3 is 9.88 Å². The monoisotopic (exact) mass is 333 g/mol. The van der Waals surface area contributed by atoms with E-state index in [9.17, 15) is 10.1 Å². The molecule has 25 heavy (non-hydrogen) atoms. The maximum absolute atomic E-state index is 12.6. The first-order chi connectivity index (χ1) is 12.2. The van der Waals surface area contributed by atoms with E-state index in [4.69, 9.17) is 5.26 Å². The van der Waals surface area contributed by atoms with E-state index in [1.54, 1.807) is 0 Å². The minimum Gasteiger partial charge on any atom is -0.347 e. The fourth-order valence-electron chi connectivity index (χ4n) is 3.50. The van der Waals surface area contributed by atoms with Crippen molar-refractivity contribution in [2.45, 2.75) is 38.3 Å². The lowest BCUT2D eigenvalue weighted by Gasteiger charge is -2.25. The summed E-state index contributed by atoms with van der Waals surface area (Å²) in [5, 5.41) is 21.3. The number of amides is 1. The van der Waals surface area contributed by atoms with Crippen LogP contribution in [0, 0.1) is 28.6 Å². The van der Waals surface area contributed by atoms with Crippen LogP contribution in [-0.2, 0) is 11.3 Å². The first-order valence-corrected chi connectivity index (χ1v) is 8.42. The minimum absolute atomic E-state index is 0.0202. The van der Waals surface area contributed by atoms with Gasteiger partial charge in [0.05, 0.1) is 12.4 Å². The maximum atomic E-state index is 12.6. The third-order valence-electron chi connectivity index (χ3n) is 4.71. The minimum atomic E-state index is -0.181. The van der Waals surface area contributed by atoms with Crippen molar-refractivity contribution in [1.82, 2.24) is 14.9 Å². The van der Waals surface area contributed by atoms with Crippen LogP contribution in [0.2, 0.25) is 0 Å². The fraction of sp³-hybridized carbons (Fsp3) is 0.368. The lowest BCUT2D eigenvalue weighted by Crippen LogP contribution is -2.35. The summed E-state index contributed by atoms with van der Waals surface area (Å²) in [6.07, 6.45) is 5.95. The van der Waals surface area contributed by atoms with Gasteiger partial charge in [-0.3, -0.25) is 4.79 Å². The number of nitriles is 2. The normalized spacial score (nSPS) is 15.3. The summed E-state index contributed by atoms with van der Waals surface area (Å²) in [6, 6.07) is 13.8. The average Bonchev–Trinajstić information content (AvgIpc) is 3.29. The van der Waals surface area contributed by atoms with Crippen LogP contribution in [0.4, 0.5) is 0 Å². The first-order valence-electron chi connectivity index (χ1n) is 8.42. The van der Waals surface area contributed by atoms with Crippen molar-refractivity contribution in [3.63, 3.8) is 0 Å². The van der Waals surface area contributed by atoms with Gasteiger partial charge in [0.2, 0.25) is 5.91 Å². The quantitative estimate of drug-likeness (QED) is 0.910. The summed E-state index contributed by atoms with van der Waals surface area (Å²) in [7, 11) is 0. The second kappa shape index (κ2) is 7.63. The highest BCUT2D eigenvalue weighted by molar-refractivity contribution is 5.76. The Labute approximate surface area is 146 Å². The van der Waals surface area contributed by atoms with E-state index >= 15 is 0 Å². The number of benzene rings is 1. The summed E-state index contributed by atoms with van der Waals surface area (Å²) in [5.74, 6) is 0.249. The number of nitrogens with zero attached hydrogens (tertiary/aromatic N) is 4. The van der Waals surface area contributed by atoms with Crippen molar-refractivity contribution in [3.8, 4) is 12.1 Å². The largest absolute Gasteiger partial charge is 0.347 e. The maximum Gasteiger partial charge on any atom is 0.240 e. The molecule has 0 spiro atoms. The van der Waals surface area contributed by atoms with Gasteiger partial charge >= 0.3 is 0 Å². The van der Waals surface area contributed by atoms with Gasteiger partial charge in [0.1, 0.15) is 18.7 Å². The molecule has 6 heteroatoms. The van der Waals surface area contributed by atoms with E-state index in [-0.39, 0.29) is 29.9 Å². The van der Waals surface area contributed by atoms with Gasteiger partial charge in [-0.15, -0.1) is 0 Å². The molecule has 1 amide bonds. The van der Waals surface area contributed by atoms with E-state index in [1.165, 1.54) is 23.7 Å². The van der Waals surface area contributed by atoms with Crippen LogP contribution in [-0.4, -0.2) is 15.5 Å². The van der Waals surface area contributed by atoms with Gasteiger partial charge in [-0.25, -0.2) is 4.98 Å². The molecule has 0 aliphatic heterocycles. The Bertz CT molecular complexity index is 822. The van der Waals surface area contributed by atoms with Crippen molar-refractivity contribution in [2.24, 2.45) is 5.92 Å². The summed E-state index contributed by atoms with van der Waals surface area (Å²) in [5.41, 5.74) is 1.27. The molecule has 0 bridgehead atoms. The van der Waals surface area contributed by atoms with Crippen LogP contribution < -0.4 is 5.32 Å².